The van der Waals surface area contributed by atoms with Gasteiger partial charge in [-0.2, -0.15) is 0 Å². The molecule has 1 N–H and O–H groups in total. The van der Waals surface area contributed by atoms with E-state index in [0.717, 1.165) is 8.66 Å². The second-order valence-corrected chi connectivity index (χ2v) is 5.70. The minimum absolute atomic E-state index is 0.164. The van der Waals surface area contributed by atoms with Gasteiger partial charge in [0, 0.05) is 17.2 Å². The van der Waals surface area contributed by atoms with Crippen molar-refractivity contribution in [1.82, 2.24) is 4.98 Å². The number of rotatable bonds is 3. The summed E-state index contributed by atoms with van der Waals surface area (Å²) in [5, 5.41) is 2.72. The summed E-state index contributed by atoms with van der Waals surface area (Å²) < 4.78 is 1.05. The Kier molecular flexibility index (Phi) is 4.06. The highest BCUT2D eigenvalue weighted by molar-refractivity contribution is 9.11. The summed E-state index contributed by atoms with van der Waals surface area (Å²) in [6.45, 7) is 0. The summed E-state index contributed by atoms with van der Waals surface area (Å²) in [7, 11) is 0. The predicted molar refractivity (Wildman–Crippen MR) is 73.9 cm³/mol. The molecule has 86 valence electrons. The first-order valence-electron chi connectivity index (χ1n) is 4.88. The lowest BCUT2D eigenvalue weighted by Crippen LogP contribution is -2.07. The van der Waals surface area contributed by atoms with Crippen LogP contribution >= 0.6 is 27.3 Å². The molecule has 2 aromatic rings. The van der Waals surface area contributed by atoms with Crippen LogP contribution in [0.25, 0.3) is 6.08 Å². The molecule has 2 rings (SSSR count). The van der Waals surface area contributed by atoms with E-state index in [2.05, 4.69) is 26.2 Å². The third-order valence-electron chi connectivity index (χ3n) is 1.92. The Hall–Kier alpha value is -1.46. The van der Waals surface area contributed by atoms with Gasteiger partial charge in [-0.05, 0) is 46.3 Å². The maximum Gasteiger partial charge on any atom is 0.248 e. The molecule has 0 saturated heterocycles. The average Bonchev–Trinajstić information content (AvgIpc) is 2.74. The largest absolute Gasteiger partial charge is 0.321 e. The van der Waals surface area contributed by atoms with Gasteiger partial charge in [-0.3, -0.25) is 9.78 Å². The van der Waals surface area contributed by atoms with Gasteiger partial charge < -0.3 is 5.32 Å². The summed E-state index contributed by atoms with van der Waals surface area (Å²) in [4.78, 5) is 16.5. The number of amides is 1. The van der Waals surface area contributed by atoms with E-state index in [0.29, 0.717) is 5.69 Å². The summed E-state index contributed by atoms with van der Waals surface area (Å²) in [5.41, 5.74) is 0.689. The van der Waals surface area contributed by atoms with Crippen molar-refractivity contribution < 1.29 is 4.79 Å². The highest BCUT2D eigenvalue weighted by Gasteiger charge is 1.98. The zero-order valence-electron chi connectivity index (χ0n) is 8.76. The predicted octanol–water partition coefficient (Wildman–Crippen LogP) is 3.56. The number of nitrogens with one attached hydrogen (secondary N) is 1. The van der Waals surface area contributed by atoms with Crippen LogP contribution in [0.2, 0.25) is 0 Å². The minimum atomic E-state index is -0.164. The van der Waals surface area contributed by atoms with Crippen molar-refractivity contribution in [2.24, 2.45) is 0 Å². The van der Waals surface area contributed by atoms with Gasteiger partial charge in [0.05, 0.1) is 15.7 Å². The first-order chi connectivity index (χ1) is 8.24. The summed E-state index contributed by atoms with van der Waals surface area (Å²) in [5.74, 6) is -0.164. The van der Waals surface area contributed by atoms with Crippen LogP contribution in [0.3, 0.4) is 0 Å². The Morgan fingerprint density at radius 3 is 2.94 bits per heavy atom. The molecule has 0 aliphatic heterocycles. The topological polar surface area (TPSA) is 42.0 Å². The molecule has 0 spiro atoms. The fraction of sp³-hybridized carbons (Fsp3) is 0. The fourth-order valence-corrected chi connectivity index (χ4v) is 2.52. The number of hydrogen-bond acceptors (Lipinski definition) is 3. The molecule has 2 aromatic heterocycles. The molecule has 17 heavy (non-hydrogen) atoms. The van der Waals surface area contributed by atoms with E-state index in [1.165, 1.54) is 6.08 Å². The molecule has 3 nitrogen and oxygen atoms in total. The Bertz CT molecular complexity index is 536. The smallest absolute Gasteiger partial charge is 0.248 e. The standard InChI is InChI=1S/C12H9BrN2OS/c13-11-5-3-10(17-11)4-6-12(16)15-9-2-1-7-14-8-9/h1-8H,(H,15,16)/b6-4+. The van der Waals surface area contributed by atoms with Crippen LogP contribution in [0.1, 0.15) is 4.88 Å². The number of anilines is 1. The van der Waals surface area contributed by atoms with Crippen molar-refractivity contribution in [3.8, 4) is 0 Å². The maximum atomic E-state index is 11.6. The van der Waals surface area contributed by atoms with Crippen LogP contribution in [-0.4, -0.2) is 10.9 Å². The second-order valence-electron chi connectivity index (χ2n) is 3.21. The van der Waals surface area contributed by atoms with Crippen molar-refractivity contribution in [1.29, 1.82) is 0 Å². The van der Waals surface area contributed by atoms with E-state index in [-0.39, 0.29) is 5.91 Å². The summed E-state index contributed by atoms with van der Waals surface area (Å²) in [6.07, 6.45) is 6.55. The van der Waals surface area contributed by atoms with E-state index < -0.39 is 0 Å². The van der Waals surface area contributed by atoms with Gasteiger partial charge in [-0.15, -0.1) is 11.3 Å². The molecule has 0 aliphatic rings. The van der Waals surface area contributed by atoms with E-state index in [1.807, 2.05) is 12.1 Å². The molecule has 0 atom stereocenters. The number of carbonyl (C=O) groups is 1. The van der Waals surface area contributed by atoms with Crippen molar-refractivity contribution >= 4 is 44.9 Å². The van der Waals surface area contributed by atoms with Gasteiger partial charge in [0.25, 0.3) is 0 Å². The van der Waals surface area contributed by atoms with Crippen LogP contribution in [0.4, 0.5) is 5.69 Å². The third kappa shape index (κ3) is 3.80. The number of pyridine rings is 1. The lowest BCUT2D eigenvalue weighted by Gasteiger charge is -1.99. The van der Waals surface area contributed by atoms with Crippen LogP contribution in [0, 0.1) is 0 Å². The van der Waals surface area contributed by atoms with Gasteiger partial charge in [0.2, 0.25) is 5.91 Å². The van der Waals surface area contributed by atoms with Gasteiger partial charge >= 0.3 is 0 Å². The number of carbonyl (C=O) groups excluding carboxylic acids is 1. The second kappa shape index (κ2) is 5.75. The number of aromatic nitrogens is 1. The lowest BCUT2D eigenvalue weighted by atomic mass is 10.3. The van der Waals surface area contributed by atoms with Gasteiger partial charge in [-0.25, -0.2) is 0 Å². The molecular formula is C12H9BrN2OS. The molecule has 1 amide bonds. The Morgan fingerprint density at radius 1 is 1.41 bits per heavy atom. The Balaban J connectivity index is 1.96. The maximum absolute atomic E-state index is 11.6. The quantitative estimate of drug-likeness (QED) is 0.881. The minimum Gasteiger partial charge on any atom is -0.321 e. The number of halogens is 1. The molecule has 0 radical (unpaired) electrons. The molecule has 0 fully saturated rings. The van der Waals surface area contributed by atoms with Crippen LogP contribution in [0.5, 0.6) is 0 Å². The first-order valence-corrected chi connectivity index (χ1v) is 6.49. The Morgan fingerprint density at radius 2 is 2.29 bits per heavy atom. The van der Waals surface area contributed by atoms with Crippen molar-refractivity contribution in [2.75, 3.05) is 5.32 Å². The highest BCUT2D eigenvalue weighted by Crippen LogP contribution is 2.22. The van der Waals surface area contributed by atoms with E-state index in [4.69, 9.17) is 0 Å². The lowest BCUT2D eigenvalue weighted by molar-refractivity contribution is -0.111. The van der Waals surface area contributed by atoms with Crippen LogP contribution < -0.4 is 5.32 Å². The van der Waals surface area contributed by atoms with E-state index in [1.54, 1.807) is 41.9 Å². The average molecular weight is 309 g/mol. The van der Waals surface area contributed by atoms with Gasteiger partial charge in [0.1, 0.15) is 0 Å². The van der Waals surface area contributed by atoms with Gasteiger partial charge in [-0.1, -0.05) is 0 Å². The van der Waals surface area contributed by atoms with Crippen molar-refractivity contribution in [2.45, 2.75) is 0 Å². The number of hydrogen-bond donors (Lipinski definition) is 1. The van der Waals surface area contributed by atoms with Crippen molar-refractivity contribution in [3.05, 3.63) is 51.4 Å². The fourth-order valence-electron chi connectivity index (χ4n) is 1.20. The van der Waals surface area contributed by atoms with E-state index >= 15 is 0 Å². The van der Waals surface area contributed by atoms with Gasteiger partial charge in [0.15, 0.2) is 0 Å². The molecular weight excluding hydrogens is 300 g/mol. The zero-order chi connectivity index (χ0) is 12.1. The monoisotopic (exact) mass is 308 g/mol. The third-order valence-corrected chi connectivity index (χ3v) is 3.51. The zero-order valence-corrected chi connectivity index (χ0v) is 11.2. The normalized spacial score (nSPS) is 10.6. The van der Waals surface area contributed by atoms with E-state index in [9.17, 15) is 4.79 Å². The molecule has 0 bridgehead atoms. The SMILES string of the molecule is O=C(/C=C/c1ccc(Br)s1)Nc1cccnc1. The molecule has 0 unspecified atom stereocenters. The molecule has 2 heterocycles. The Labute approximate surface area is 111 Å². The van der Waals surface area contributed by atoms with Crippen LogP contribution in [-0.2, 0) is 4.79 Å². The number of nitrogens with zero attached hydrogens (tertiary/aromatic N) is 1. The first kappa shape index (κ1) is 12.0. The number of thiophene rings is 1. The molecule has 0 aliphatic carbocycles. The van der Waals surface area contributed by atoms with Crippen LogP contribution in [0.15, 0.2) is 46.5 Å². The summed E-state index contributed by atoms with van der Waals surface area (Å²) >= 11 is 4.94. The molecule has 0 saturated carbocycles. The highest BCUT2D eigenvalue weighted by atomic mass is 79.9. The summed E-state index contributed by atoms with van der Waals surface area (Å²) in [6, 6.07) is 7.46. The van der Waals surface area contributed by atoms with Crippen molar-refractivity contribution in [3.63, 3.8) is 0 Å². The molecule has 5 heteroatoms. The molecule has 0 aromatic carbocycles.